The zero-order chi connectivity index (χ0) is 21.2. The molecule has 1 N–H and O–H groups in total. The molecule has 2 atom stereocenters. The Morgan fingerprint density at radius 3 is 2.36 bits per heavy atom. The number of carbonyl (C=O) groups is 1. The molecule has 0 fully saturated rings. The van der Waals surface area contributed by atoms with Crippen LogP contribution in [0.1, 0.15) is 53.4 Å². The summed E-state index contributed by atoms with van der Waals surface area (Å²) < 4.78 is 29.2. The van der Waals surface area contributed by atoms with E-state index in [4.69, 9.17) is 13.8 Å². The van der Waals surface area contributed by atoms with Gasteiger partial charge in [-0.25, -0.2) is 4.57 Å². The number of carbonyl (C=O) groups excluding carboxylic acids is 1. The number of ether oxygens (including phenoxy) is 1. The number of unbranched alkanes of at least 4 members (excludes halogenated alkanes) is 3. The molecule has 0 saturated carbocycles. The molecule has 0 aromatic heterocycles. The van der Waals surface area contributed by atoms with Crippen LogP contribution in [0.15, 0.2) is 24.3 Å². The molecule has 0 saturated heterocycles. The number of non-ortho nitro benzene ring substituents is 1. The normalized spacial score (nSPS) is 14.3. The van der Waals surface area contributed by atoms with Crippen LogP contribution >= 0.6 is 7.75 Å². The third kappa shape index (κ3) is 8.82. The van der Waals surface area contributed by atoms with E-state index < -0.39 is 24.7 Å². The summed E-state index contributed by atoms with van der Waals surface area (Å²) in [7, 11) is -3.90. The highest BCUT2D eigenvalue weighted by molar-refractivity contribution is 7.52. The van der Waals surface area contributed by atoms with Gasteiger partial charge in [0, 0.05) is 12.1 Å². The highest BCUT2D eigenvalue weighted by atomic mass is 31.2. The summed E-state index contributed by atoms with van der Waals surface area (Å²) in [6, 6.07) is 4.19. The number of nitro groups is 1. The second-order valence-electron chi connectivity index (χ2n) is 6.57. The maximum absolute atomic E-state index is 13.1. The summed E-state index contributed by atoms with van der Waals surface area (Å²) in [4.78, 5) is 22.2. The molecular weight excluding hydrogens is 387 g/mol. The van der Waals surface area contributed by atoms with Crippen molar-refractivity contribution < 1.29 is 28.1 Å². The van der Waals surface area contributed by atoms with Crippen molar-refractivity contribution in [3.63, 3.8) is 0 Å². The standard InChI is InChI=1S/C18H29N2O7P/c1-5-6-7-8-13-25-28(24,19-15(4)18(21)26-14(2)3)27-17-11-9-16(10-12-17)20(22)23/h9-12,14-15H,5-8,13H2,1-4H3,(H,19,24)/t15-,28?/m0/s1. The second-order valence-corrected chi connectivity index (χ2v) is 8.26. The first-order valence-electron chi connectivity index (χ1n) is 9.33. The summed E-state index contributed by atoms with van der Waals surface area (Å²) in [5.41, 5.74) is -0.121. The van der Waals surface area contributed by atoms with E-state index in [0.29, 0.717) is 6.42 Å². The summed E-state index contributed by atoms with van der Waals surface area (Å²) in [6.45, 7) is 7.18. The highest BCUT2D eigenvalue weighted by Crippen LogP contribution is 2.45. The first-order chi connectivity index (χ1) is 13.2. The zero-order valence-electron chi connectivity index (χ0n) is 16.8. The van der Waals surface area contributed by atoms with Crippen molar-refractivity contribution in [2.45, 2.75) is 65.5 Å². The lowest BCUT2D eigenvalue weighted by Gasteiger charge is -2.23. The predicted octanol–water partition coefficient (Wildman–Crippen LogP) is 4.61. The average Bonchev–Trinajstić information content (AvgIpc) is 2.61. The minimum atomic E-state index is -3.90. The minimum absolute atomic E-state index is 0.121. The third-order valence-electron chi connectivity index (χ3n) is 3.59. The number of nitrogens with zero attached hydrogens (tertiary/aromatic N) is 1. The Kier molecular flexibility index (Phi) is 10.1. The van der Waals surface area contributed by atoms with Gasteiger partial charge in [0.05, 0.1) is 17.6 Å². The maximum atomic E-state index is 13.1. The van der Waals surface area contributed by atoms with E-state index in [0.717, 1.165) is 19.3 Å². The highest BCUT2D eigenvalue weighted by Gasteiger charge is 2.32. The van der Waals surface area contributed by atoms with E-state index in [2.05, 4.69) is 12.0 Å². The van der Waals surface area contributed by atoms with Crippen LogP contribution in [0, 0.1) is 10.1 Å². The molecule has 1 rings (SSSR count). The smallest absolute Gasteiger partial charge is 0.459 e. The molecule has 0 radical (unpaired) electrons. The van der Waals surface area contributed by atoms with Crippen LogP contribution in [-0.4, -0.2) is 29.6 Å². The van der Waals surface area contributed by atoms with Crippen LogP contribution in [0.3, 0.4) is 0 Å². The molecule has 0 aliphatic carbocycles. The molecule has 10 heteroatoms. The monoisotopic (exact) mass is 416 g/mol. The van der Waals surface area contributed by atoms with E-state index in [1.807, 2.05) is 0 Å². The van der Waals surface area contributed by atoms with Gasteiger partial charge in [-0.1, -0.05) is 26.2 Å². The molecule has 0 aliphatic rings. The lowest BCUT2D eigenvalue weighted by atomic mass is 10.2. The van der Waals surface area contributed by atoms with Gasteiger partial charge < -0.3 is 9.26 Å². The summed E-state index contributed by atoms with van der Waals surface area (Å²) in [6.07, 6.45) is 3.36. The summed E-state index contributed by atoms with van der Waals surface area (Å²) in [5, 5.41) is 13.3. The number of hydrogen-bond donors (Lipinski definition) is 1. The molecular formula is C18H29N2O7P. The Bertz CT molecular complexity index is 679. The molecule has 0 spiro atoms. The third-order valence-corrected chi connectivity index (χ3v) is 5.27. The molecule has 9 nitrogen and oxygen atoms in total. The van der Waals surface area contributed by atoms with Gasteiger partial charge in [0.25, 0.3) is 5.69 Å². The van der Waals surface area contributed by atoms with Crippen LogP contribution in [0.5, 0.6) is 5.75 Å². The van der Waals surface area contributed by atoms with Crippen molar-refractivity contribution in [1.82, 2.24) is 5.09 Å². The van der Waals surface area contributed by atoms with Crippen molar-refractivity contribution in [2.24, 2.45) is 0 Å². The lowest BCUT2D eigenvalue weighted by molar-refractivity contribution is -0.384. The number of nitrogens with one attached hydrogen (secondary N) is 1. The Labute approximate surface area is 165 Å². The topological polar surface area (TPSA) is 117 Å². The van der Waals surface area contributed by atoms with E-state index in [1.54, 1.807) is 13.8 Å². The van der Waals surface area contributed by atoms with Gasteiger partial charge in [-0.3, -0.25) is 19.4 Å². The van der Waals surface area contributed by atoms with E-state index >= 15 is 0 Å². The molecule has 1 aromatic rings. The Balaban J connectivity index is 2.85. The van der Waals surface area contributed by atoms with Crippen LogP contribution in [0.2, 0.25) is 0 Å². The number of esters is 1. The molecule has 158 valence electrons. The van der Waals surface area contributed by atoms with Crippen LogP contribution in [0.25, 0.3) is 0 Å². The SMILES string of the molecule is CCCCCCOP(=O)(N[C@@H](C)C(=O)OC(C)C)Oc1ccc([N+](=O)[O-])cc1. The maximum Gasteiger partial charge on any atom is 0.459 e. The number of hydrogen-bond acceptors (Lipinski definition) is 7. The van der Waals surface area contributed by atoms with Gasteiger partial charge in [-0.15, -0.1) is 0 Å². The summed E-state index contributed by atoms with van der Waals surface area (Å²) in [5.74, 6) is -0.462. The van der Waals surface area contributed by atoms with Gasteiger partial charge in [-0.2, -0.15) is 5.09 Å². The van der Waals surface area contributed by atoms with Gasteiger partial charge in [0.2, 0.25) is 0 Å². The fourth-order valence-electron chi connectivity index (χ4n) is 2.20. The van der Waals surface area contributed by atoms with E-state index in [9.17, 15) is 19.5 Å². The quantitative estimate of drug-likeness (QED) is 0.163. The van der Waals surface area contributed by atoms with E-state index in [1.165, 1.54) is 31.2 Å². The second kappa shape index (κ2) is 11.8. The van der Waals surface area contributed by atoms with Crippen molar-refractivity contribution >= 4 is 19.4 Å². The molecule has 0 heterocycles. The summed E-state index contributed by atoms with van der Waals surface area (Å²) >= 11 is 0. The van der Waals surface area contributed by atoms with Crippen molar-refractivity contribution in [1.29, 1.82) is 0 Å². The van der Waals surface area contributed by atoms with E-state index in [-0.39, 0.29) is 24.1 Å². The molecule has 1 unspecified atom stereocenters. The van der Waals surface area contributed by atoms with Crippen molar-refractivity contribution in [3.8, 4) is 5.75 Å². The fourth-order valence-corrected chi connectivity index (χ4v) is 3.72. The molecule has 0 bridgehead atoms. The molecule has 0 aliphatic heterocycles. The Morgan fingerprint density at radius 2 is 1.82 bits per heavy atom. The van der Waals surface area contributed by atoms with Gasteiger partial charge in [0.1, 0.15) is 11.8 Å². The number of nitro benzene ring substituents is 1. The zero-order valence-corrected chi connectivity index (χ0v) is 17.6. The first kappa shape index (κ1) is 24.1. The van der Waals surface area contributed by atoms with Crippen molar-refractivity contribution in [2.75, 3.05) is 6.61 Å². The van der Waals surface area contributed by atoms with Crippen LogP contribution < -0.4 is 9.61 Å². The first-order valence-corrected chi connectivity index (χ1v) is 10.9. The lowest BCUT2D eigenvalue weighted by Crippen LogP contribution is -2.36. The van der Waals surface area contributed by atoms with Crippen LogP contribution in [0.4, 0.5) is 5.69 Å². The van der Waals surface area contributed by atoms with Gasteiger partial charge in [0.15, 0.2) is 0 Å². The molecule has 28 heavy (non-hydrogen) atoms. The fraction of sp³-hybridized carbons (Fsp3) is 0.611. The Morgan fingerprint density at radius 1 is 1.18 bits per heavy atom. The number of rotatable bonds is 13. The van der Waals surface area contributed by atoms with Gasteiger partial charge in [-0.05, 0) is 39.3 Å². The van der Waals surface area contributed by atoms with Crippen LogP contribution in [-0.2, 0) is 18.6 Å². The largest absolute Gasteiger partial charge is 0.462 e. The minimum Gasteiger partial charge on any atom is -0.462 e. The Hall–Kier alpha value is -1.96. The van der Waals surface area contributed by atoms with Gasteiger partial charge >= 0.3 is 13.7 Å². The average molecular weight is 416 g/mol. The molecule has 1 aromatic carbocycles. The van der Waals surface area contributed by atoms with Crippen molar-refractivity contribution in [3.05, 3.63) is 34.4 Å². The predicted molar refractivity (Wildman–Crippen MR) is 105 cm³/mol. The molecule has 0 amide bonds. The number of benzene rings is 1.